The van der Waals surface area contributed by atoms with E-state index in [0.29, 0.717) is 5.56 Å². The lowest BCUT2D eigenvalue weighted by Crippen LogP contribution is -2.09. The third-order valence-electron chi connectivity index (χ3n) is 3.00. The summed E-state index contributed by atoms with van der Waals surface area (Å²) in [6.45, 7) is 3.14. The minimum absolute atomic E-state index is 0.000999. The van der Waals surface area contributed by atoms with Crippen molar-refractivity contribution in [2.45, 2.75) is 13.8 Å². The quantitative estimate of drug-likeness (QED) is 0.184. The fourth-order valence-electron chi connectivity index (χ4n) is 1.77. The first-order valence-corrected chi connectivity index (χ1v) is 8.54. The minimum Gasteiger partial charge on any atom is -0.508 e. The van der Waals surface area contributed by atoms with Gasteiger partial charge in [-0.15, -0.1) is 33.2 Å². The maximum Gasteiger partial charge on any atom is 0.362 e. The highest BCUT2D eigenvalue weighted by atomic mass is 35.5. The highest BCUT2D eigenvalue weighted by Gasteiger charge is 2.26. The topological polar surface area (TPSA) is 124 Å². The van der Waals surface area contributed by atoms with Gasteiger partial charge in [-0.05, 0) is 19.4 Å². The van der Waals surface area contributed by atoms with Crippen LogP contribution in [0.15, 0.2) is 21.7 Å². The van der Waals surface area contributed by atoms with Crippen molar-refractivity contribution in [3.63, 3.8) is 0 Å². The third kappa shape index (κ3) is 4.79. The maximum atomic E-state index is 12.0. The Bertz CT molecular complexity index is 770. The van der Waals surface area contributed by atoms with Crippen molar-refractivity contribution < 1.29 is 33.7 Å². The zero-order valence-corrected chi connectivity index (χ0v) is 16.1. The van der Waals surface area contributed by atoms with Gasteiger partial charge < -0.3 is 19.3 Å². The van der Waals surface area contributed by atoms with E-state index in [1.165, 1.54) is 21.1 Å². The Morgan fingerprint density at radius 3 is 2.31 bits per heavy atom. The van der Waals surface area contributed by atoms with E-state index in [4.69, 9.17) is 16.3 Å². The number of azo groups is 1. The number of carbonyl (C=O) groups is 3. The smallest absolute Gasteiger partial charge is 0.362 e. The summed E-state index contributed by atoms with van der Waals surface area (Å²) in [5.41, 5.74) is -0.218. The number of rotatable bonds is 7. The van der Waals surface area contributed by atoms with Crippen LogP contribution in [0.25, 0.3) is 0 Å². The fourth-order valence-corrected chi connectivity index (χ4v) is 2.93. The number of thiophene rings is 1. The molecule has 11 heteroatoms. The van der Waals surface area contributed by atoms with Crippen LogP contribution in [0.5, 0.6) is 0 Å². The number of allylic oxidation sites excluding steroid dienone is 1. The number of ether oxygens (including phenoxy) is 3. The molecular formula is C15H17ClN2O7S. The molecule has 0 saturated heterocycles. The number of aliphatic hydroxyl groups is 1. The van der Waals surface area contributed by atoms with Gasteiger partial charge in [-0.2, -0.15) is 0 Å². The first kappa shape index (κ1) is 21.6. The minimum atomic E-state index is -0.935. The van der Waals surface area contributed by atoms with E-state index < -0.39 is 35.2 Å². The summed E-state index contributed by atoms with van der Waals surface area (Å²) in [5, 5.41) is 17.2. The predicted molar refractivity (Wildman–Crippen MR) is 93.3 cm³/mol. The molecule has 1 heterocycles. The standard InChI is InChI=1S/C15H17ClN2O7S/c1-5-25-14(21)10(8(19)6-16)17-18-12-9(13(20)23-3)7(2)11(26-12)15(22)24-4/h19H,5-6H2,1-4H3. The van der Waals surface area contributed by atoms with Gasteiger partial charge in [-0.1, -0.05) is 0 Å². The Morgan fingerprint density at radius 2 is 1.81 bits per heavy atom. The molecule has 0 unspecified atom stereocenters. The van der Waals surface area contributed by atoms with Gasteiger partial charge >= 0.3 is 17.9 Å². The maximum absolute atomic E-state index is 12.0. The summed E-state index contributed by atoms with van der Waals surface area (Å²) in [5.74, 6) is -3.28. The van der Waals surface area contributed by atoms with Gasteiger partial charge in [-0.3, -0.25) is 0 Å². The molecule has 142 valence electrons. The van der Waals surface area contributed by atoms with E-state index in [-0.39, 0.29) is 22.0 Å². The average molecular weight is 405 g/mol. The largest absolute Gasteiger partial charge is 0.508 e. The normalized spacial score (nSPS) is 11.9. The van der Waals surface area contributed by atoms with Gasteiger partial charge in [0.15, 0.2) is 5.00 Å². The van der Waals surface area contributed by atoms with Crippen molar-refractivity contribution in [2.24, 2.45) is 10.2 Å². The highest BCUT2D eigenvalue weighted by Crippen LogP contribution is 2.37. The molecule has 26 heavy (non-hydrogen) atoms. The monoisotopic (exact) mass is 404 g/mol. The van der Waals surface area contributed by atoms with Crippen LogP contribution in [-0.2, 0) is 19.0 Å². The van der Waals surface area contributed by atoms with Gasteiger partial charge in [0.2, 0.25) is 5.70 Å². The highest BCUT2D eigenvalue weighted by molar-refractivity contribution is 7.18. The van der Waals surface area contributed by atoms with Gasteiger partial charge in [0.05, 0.1) is 26.7 Å². The van der Waals surface area contributed by atoms with E-state index >= 15 is 0 Å². The Morgan fingerprint density at radius 1 is 1.19 bits per heavy atom. The van der Waals surface area contributed by atoms with E-state index in [2.05, 4.69) is 19.7 Å². The first-order chi connectivity index (χ1) is 12.3. The number of hydrogen-bond acceptors (Lipinski definition) is 10. The van der Waals surface area contributed by atoms with Crippen LogP contribution in [-0.4, -0.2) is 49.7 Å². The molecule has 1 aromatic heterocycles. The van der Waals surface area contributed by atoms with Gasteiger partial charge in [-0.25, -0.2) is 14.4 Å². The fraction of sp³-hybridized carbons (Fsp3) is 0.400. The zero-order valence-electron chi connectivity index (χ0n) is 14.5. The number of esters is 3. The molecule has 0 radical (unpaired) electrons. The number of methoxy groups -OCH3 is 2. The lowest BCUT2D eigenvalue weighted by Gasteiger charge is -2.03. The Labute approximate surface area is 158 Å². The second-order valence-electron chi connectivity index (χ2n) is 4.57. The third-order valence-corrected chi connectivity index (χ3v) is 4.41. The Balaban J connectivity index is 3.45. The van der Waals surface area contributed by atoms with Crippen molar-refractivity contribution in [3.8, 4) is 0 Å². The van der Waals surface area contributed by atoms with Crippen molar-refractivity contribution >= 4 is 45.8 Å². The molecule has 1 N–H and O–H groups in total. The summed E-state index contributed by atoms with van der Waals surface area (Å²) >= 11 is 6.34. The number of halogens is 1. The molecule has 0 spiro atoms. The summed E-state index contributed by atoms with van der Waals surface area (Å²) in [4.78, 5) is 35.8. The Hall–Kier alpha value is -2.46. The van der Waals surface area contributed by atoms with Gasteiger partial charge in [0.1, 0.15) is 16.2 Å². The molecule has 0 amide bonds. The van der Waals surface area contributed by atoms with Crippen LogP contribution in [0.4, 0.5) is 5.00 Å². The molecule has 9 nitrogen and oxygen atoms in total. The van der Waals surface area contributed by atoms with Crippen molar-refractivity contribution in [3.05, 3.63) is 27.5 Å². The van der Waals surface area contributed by atoms with Crippen LogP contribution in [0.3, 0.4) is 0 Å². The average Bonchev–Trinajstić information content (AvgIpc) is 2.96. The Kier molecular flexibility index (Phi) is 8.20. The number of aliphatic hydroxyl groups excluding tert-OH is 1. The van der Waals surface area contributed by atoms with Crippen LogP contribution in [0, 0.1) is 6.92 Å². The first-order valence-electron chi connectivity index (χ1n) is 7.19. The van der Waals surface area contributed by atoms with Crippen molar-refractivity contribution in [1.29, 1.82) is 0 Å². The summed E-state index contributed by atoms with van der Waals surface area (Å²) in [7, 11) is 2.36. The lowest BCUT2D eigenvalue weighted by molar-refractivity contribution is -0.138. The second kappa shape index (κ2) is 9.88. The van der Waals surface area contributed by atoms with Crippen molar-refractivity contribution in [2.75, 3.05) is 26.7 Å². The predicted octanol–water partition coefficient (Wildman–Crippen LogP) is 3.28. The zero-order chi connectivity index (χ0) is 19.9. The van der Waals surface area contributed by atoms with Gasteiger partial charge in [0, 0.05) is 0 Å². The molecule has 0 atom stereocenters. The molecule has 0 saturated carbocycles. The van der Waals surface area contributed by atoms with E-state index in [1.54, 1.807) is 6.92 Å². The van der Waals surface area contributed by atoms with Crippen LogP contribution in [0.1, 0.15) is 32.5 Å². The van der Waals surface area contributed by atoms with E-state index in [0.717, 1.165) is 11.3 Å². The molecule has 1 rings (SSSR count). The second-order valence-corrected chi connectivity index (χ2v) is 5.84. The number of carbonyl (C=O) groups excluding carboxylic acids is 3. The molecule has 0 aliphatic carbocycles. The number of nitrogens with zero attached hydrogens (tertiary/aromatic N) is 2. The van der Waals surface area contributed by atoms with E-state index in [1.807, 2.05) is 0 Å². The molecule has 1 aromatic rings. The van der Waals surface area contributed by atoms with Crippen LogP contribution in [0.2, 0.25) is 0 Å². The summed E-state index contributed by atoms with van der Waals surface area (Å²) in [6, 6.07) is 0. The molecule has 0 aromatic carbocycles. The molecule has 0 aliphatic rings. The molecular weight excluding hydrogens is 388 g/mol. The summed E-state index contributed by atoms with van der Waals surface area (Å²) < 4.78 is 14.1. The summed E-state index contributed by atoms with van der Waals surface area (Å²) in [6.07, 6.45) is 0. The van der Waals surface area contributed by atoms with E-state index in [9.17, 15) is 19.5 Å². The molecule has 0 bridgehead atoms. The molecule has 0 aliphatic heterocycles. The number of hydrogen-bond donors (Lipinski definition) is 1. The lowest BCUT2D eigenvalue weighted by atomic mass is 10.1. The van der Waals surface area contributed by atoms with Crippen LogP contribution < -0.4 is 0 Å². The number of alkyl halides is 1. The van der Waals surface area contributed by atoms with Gasteiger partial charge in [0.25, 0.3) is 0 Å². The SMILES string of the molecule is CCOC(=O)C(N=Nc1sc(C(=O)OC)c(C)c1C(=O)OC)=C(O)CCl. The van der Waals surface area contributed by atoms with Crippen LogP contribution >= 0.6 is 22.9 Å². The molecule has 0 fully saturated rings. The van der Waals surface area contributed by atoms with Crippen molar-refractivity contribution in [1.82, 2.24) is 0 Å².